The van der Waals surface area contributed by atoms with Gasteiger partial charge in [0, 0.05) is 11.3 Å². The normalized spacial score (nSPS) is 11.9. The molecule has 0 aliphatic heterocycles. The number of amides is 1. The summed E-state index contributed by atoms with van der Waals surface area (Å²) in [6, 6.07) is 19.8. The SMILES string of the molecule is CCCCCc1nnc(NC(=O)[C@@H](Sc2ccccc2)c2ccccc2)s1. The van der Waals surface area contributed by atoms with Crippen LogP contribution in [0.2, 0.25) is 0 Å². The topological polar surface area (TPSA) is 54.9 Å². The van der Waals surface area contributed by atoms with E-state index in [-0.39, 0.29) is 11.2 Å². The Balaban J connectivity index is 1.71. The van der Waals surface area contributed by atoms with Crippen LogP contribution in [-0.4, -0.2) is 16.1 Å². The van der Waals surface area contributed by atoms with Gasteiger partial charge in [-0.15, -0.1) is 22.0 Å². The summed E-state index contributed by atoms with van der Waals surface area (Å²) in [7, 11) is 0. The monoisotopic (exact) mass is 397 g/mol. The maximum absolute atomic E-state index is 13.0. The number of nitrogens with one attached hydrogen (secondary N) is 1. The standard InChI is InChI=1S/C21H23N3OS2/c1-2-3-6-15-18-23-24-21(27-18)22-20(25)19(16-11-7-4-8-12-16)26-17-13-9-5-10-14-17/h4-5,7-14,19H,2-3,6,15H2,1H3,(H,22,24,25)/t19-/m0/s1. The molecule has 0 aliphatic carbocycles. The van der Waals surface area contributed by atoms with E-state index in [0.717, 1.165) is 28.3 Å². The highest BCUT2D eigenvalue weighted by Gasteiger charge is 2.23. The largest absolute Gasteiger partial charge is 0.299 e. The number of aryl methyl sites for hydroxylation is 1. The first-order valence-electron chi connectivity index (χ1n) is 9.16. The molecular weight excluding hydrogens is 374 g/mol. The van der Waals surface area contributed by atoms with E-state index in [4.69, 9.17) is 0 Å². The smallest absolute Gasteiger partial charge is 0.244 e. The van der Waals surface area contributed by atoms with Crippen molar-refractivity contribution in [2.75, 3.05) is 5.32 Å². The number of unbranched alkanes of at least 4 members (excludes halogenated alkanes) is 2. The van der Waals surface area contributed by atoms with Crippen molar-refractivity contribution in [2.24, 2.45) is 0 Å². The minimum atomic E-state index is -0.346. The fourth-order valence-electron chi connectivity index (χ4n) is 2.64. The number of hydrogen-bond acceptors (Lipinski definition) is 5. The maximum Gasteiger partial charge on any atom is 0.244 e. The number of carbonyl (C=O) groups is 1. The Hall–Kier alpha value is -2.18. The van der Waals surface area contributed by atoms with Crippen LogP contribution >= 0.6 is 23.1 Å². The van der Waals surface area contributed by atoms with Crippen LogP contribution < -0.4 is 5.32 Å². The number of aromatic nitrogens is 2. The van der Waals surface area contributed by atoms with E-state index in [1.807, 2.05) is 60.7 Å². The quantitative estimate of drug-likeness (QED) is 0.369. The lowest BCUT2D eigenvalue weighted by molar-refractivity contribution is -0.115. The molecule has 2 aromatic carbocycles. The highest BCUT2D eigenvalue weighted by atomic mass is 32.2. The molecule has 0 spiro atoms. The zero-order chi connectivity index (χ0) is 18.9. The van der Waals surface area contributed by atoms with Crippen LogP contribution in [0.5, 0.6) is 0 Å². The number of hydrogen-bond donors (Lipinski definition) is 1. The predicted molar refractivity (Wildman–Crippen MR) is 113 cm³/mol. The van der Waals surface area contributed by atoms with Gasteiger partial charge in [0.25, 0.3) is 0 Å². The van der Waals surface area contributed by atoms with Crippen LogP contribution in [0.4, 0.5) is 5.13 Å². The molecular formula is C21H23N3OS2. The molecule has 0 radical (unpaired) electrons. The average Bonchev–Trinajstić information content (AvgIpc) is 3.15. The summed E-state index contributed by atoms with van der Waals surface area (Å²) in [5, 5.41) is 12.5. The van der Waals surface area contributed by atoms with Gasteiger partial charge in [-0.3, -0.25) is 10.1 Å². The fraction of sp³-hybridized carbons (Fsp3) is 0.286. The second-order valence-electron chi connectivity index (χ2n) is 6.17. The third-order valence-corrected chi connectivity index (χ3v) is 6.19. The van der Waals surface area contributed by atoms with Crippen molar-refractivity contribution >= 4 is 34.1 Å². The lowest BCUT2D eigenvalue weighted by Crippen LogP contribution is -2.18. The zero-order valence-corrected chi connectivity index (χ0v) is 16.9. The third-order valence-electron chi connectivity index (χ3n) is 4.03. The first-order chi connectivity index (χ1) is 13.3. The number of rotatable bonds is 9. The number of benzene rings is 2. The van der Waals surface area contributed by atoms with Crippen molar-refractivity contribution in [2.45, 2.75) is 42.8 Å². The molecule has 0 fully saturated rings. The van der Waals surface area contributed by atoms with Crippen molar-refractivity contribution in [1.29, 1.82) is 0 Å². The summed E-state index contributed by atoms with van der Waals surface area (Å²) in [5.41, 5.74) is 0.969. The van der Waals surface area contributed by atoms with Gasteiger partial charge in [0.1, 0.15) is 10.3 Å². The number of carbonyl (C=O) groups excluding carboxylic acids is 1. The molecule has 1 atom stereocenters. The minimum absolute atomic E-state index is 0.0775. The van der Waals surface area contributed by atoms with Gasteiger partial charge in [-0.1, -0.05) is 79.6 Å². The summed E-state index contributed by atoms with van der Waals surface area (Å²) >= 11 is 3.00. The Kier molecular flexibility index (Phi) is 7.42. The molecule has 0 saturated carbocycles. The molecule has 0 aliphatic rings. The molecule has 3 aromatic rings. The van der Waals surface area contributed by atoms with E-state index >= 15 is 0 Å². The van der Waals surface area contributed by atoms with Gasteiger partial charge in [-0.25, -0.2) is 0 Å². The van der Waals surface area contributed by atoms with Crippen LogP contribution in [0.3, 0.4) is 0 Å². The number of anilines is 1. The third kappa shape index (κ3) is 5.91. The van der Waals surface area contributed by atoms with Gasteiger partial charge in [0.2, 0.25) is 11.0 Å². The summed E-state index contributed by atoms with van der Waals surface area (Å²) in [6.45, 7) is 2.18. The van der Waals surface area contributed by atoms with Crippen molar-refractivity contribution < 1.29 is 4.79 Å². The van der Waals surface area contributed by atoms with Crippen molar-refractivity contribution in [3.63, 3.8) is 0 Å². The number of thioether (sulfide) groups is 1. The Morgan fingerprint density at radius 1 is 1.04 bits per heavy atom. The Morgan fingerprint density at radius 2 is 1.74 bits per heavy atom. The van der Waals surface area contributed by atoms with Gasteiger partial charge >= 0.3 is 0 Å². The van der Waals surface area contributed by atoms with Gasteiger partial charge in [0.15, 0.2) is 0 Å². The van der Waals surface area contributed by atoms with E-state index in [2.05, 4.69) is 22.4 Å². The highest BCUT2D eigenvalue weighted by molar-refractivity contribution is 8.00. The summed E-state index contributed by atoms with van der Waals surface area (Å²) in [5.74, 6) is -0.0775. The molecule has 0 bridgehead atoms. The van der Waals surface area contributed by atoms with Gasteiger partial charge in [-0.05, 0) is 24.1 Å². The first-order valence-corrected chi connectivity index (χ1v) is 10.9. The fourth-order valence-corrected chi connectivity index (χ4v) is 4.47. The molecule has 4 nitrogen and oxygen atoms in total. The van der Waals surface area contributed by atoms with Crippen molar-refractivity contribution in [1.82, 2.24) is 10.2 Å². The molecule has 27 heavy (non-hydrogen) atoms. The Labute approximate surface area is 168 Å². The van der Waals surface area contributed by atoms with E-state index in [1.165, 1.54) is 35.9 Å². The average molecular weight is 398 g/mol. The highest BCUT2D eigenvalue weighted by Crippen LogP contribution is 2.36. The van der Waals surface area contributed by atoms with E-state index in [0.29, 0.717) is 5.13 Å². The second-order valence-corrected chi connectivity index (χ2v) is 8.41. The summed E-state index contributed by atoms with van der Waals surface area (Å²) in [6.07, 6.45) is 4.39. The van der Waals surface area contributed by atoms with E-state index in [1.54, 1.807) is 0 Å². The van der Waals surface area contributed by atoms with Gasteiger partial charge in [0.05, 0.1) is 0 Å². The molecule has 0 saturated heterocycles. The molecule has 1 amide bonds. The van der Waals surface area contributed by atoms with Crippen molar-refractivity contribution in [3.8, 4) is 0 Å². The van der Waals surface area contributed by atoms with Gasteiger partial charge in [-0.2, -0.15) is 0 Å². The first kappa shape index (κ1) is 19.6. The van der Waals surface area contributed by atoms with Crippen molar-refractivity contribution in [3.05, 3.63) is 71.2 Å². The lowest BCUT2D eigenvalue weighted by atomic mass is 10.1. The Morgan fingerprint density at radius 3 is 2.44 bits per heavy atom. The molecule has 140 valence electrons. The lowest BCUT2D eigenvalue weighted by Gasteiger charge is -2.16. The van der Waals surface area contributed by atoms with Crippen LogP contribution in [0.15, 0.2) is 65.6 Å². The van der Waals surface area contributed by atoms with Gasteiger partial charge < -0.3 is 0 Å². The molecule has 6 heteroatoms. The van der Waals surface area contributed by atoms with Crippen LogP contribution in [0.1, 0.15) is 42.0 Å². The van der Waals surface area contributed by atoms with E-state index in [9.17, 15) is 4.79 Å². The maximum atomic E-state index is 13.0. The summed E-state index contributed by atoms with van der Waals surface area (Å²) in [4.78, 5) is 14.0. The zero-order valence-electron chi connectivity index (χ0n) is 15.3. The molecule has 1 heterocycles. The summed E-state index contributed by atoms with van der Waals surface area (Å²) < 4.78 is 0. The Bertz CT molecular complexity index is 837. The molecule has 1 N–H and O–H groups in total. The van der Waals surface area contributed by atoms with Crippen LogP contribution in [0.25, 0.3) is 0 Å². The molecule has 1 aromatic heterocycles. The molecule has 3 rings (SSSR count). The number of nitrogens with zero attached hydrogens (tertiary/aromatic N) is 2. The molecule has 0 unspecified atom stereocenters. The van der Waals surface area contributed by atoms with Crippen LogP contribution in [-0.2, 0) is 11.2 Å². The van der Waals surface area contributed by atoms with E-state index < -0.39 is 0 Å². The minimum Gasteiger partial charge on any atom is -0.299 e. The van der Waals surface area contributed by atoms with Crippen LogP contribution in [0, 0.1) is 0 Å². The second kappa shape index (κ2) is 10.2. The predicted octanol–water partition coefficient (Wildman–Crippen LogP) is 5.74.